The average molecular weight is 290 g/mol. The summed E-state index contributed by atoms with van der Waals surface area (Å²) in [4.78, 5) is 7.14. The Morgan fingerprint density at radius 1 is 1.24 bits per heavy atom. The van der Waals surface area contributed by atoms with Crippen LogP contribution in [0.15, 0.2) is 12.1 Å². The zero-order valence-corrected chi connectivity index (χ0v) is 14.2. The molecule has 0 bridgehead atoms. The van der Waals surface area contributed by atoms with Crippen molar-refractivity contribution in [3.05, 3.63) is 17.7 Å². The molecular weight excluding hydrogens is 260 g/mol. The lowest BCUT2D eigenvalue weighted by Gasteiger charge is -2.35. The van der Waals surface area contributed by atoms with Gasteiger partial charge in [0.05, 0.1) is 7.11 Å². The maximum atomic E-state index is 5.48. The number of rotatable bonds is 5. The van der Waals surface area contributed by atoms with Crippen molar-refractivity contribution in [1.82, 2.24) is 4.98 Å². The lowest BCUT2D eigenvalue weighted by Crippen LogP contribution is -2.36. The third-order valence-corrected chi connectivity index (χ3v) is 5.00. The van der Waals surface area contributed by atoms with Gasteiger partial charge in [-0.15, -0.1) is 0 Å². The molecule has 1 fully saturated rings. The van der Waals surface area contributed by atoms with Crippen LogP contribution >= 0.6 is 0 Å². The maximum Gasteiger partial charge on any atom is 0.218 e. The van der Waals surface area contributed by atoms with Gasteiger partial charge in [0.15, 0.2) is 0 Å². The summed E-state index contributed by atoms with van der Waals surface area (Å²) in [5.41, 5.74) is 1.19. The molecule has 0 saturated carbocycles. The molecule has 1 aliphatic rings. The molecule has 21 heavy (non-hydrogen) atoms. The van der Waals surface area contributed by atoms with E-state index in [2.05, 4.69) is 44.7 Å². The first kappa shape index (κ1) is 16.1. The van der Waals surface area contributed by atoms with Crippen LogP contribution in [0.2, 0.25) is 0 Å². The summed E-state index contributed by atoms with van der Waals surface area (Å²) in [6, 6.07) is 4.33. The molecule has 0 amide bonds. The highest BCUT2D eigenvalue weighted by atomic mass is 16.5. The first-order valence-electron chi connectivity index (χ1n) is 8.36. The Morgan fingerprint density at radius 3 is 2.43 bits per heavy atom. The van der Waals surface area contributed by atoms with E-state index in [4.69, 9.17) is 9.72 Å². The van der Waals surface area contributed by atoms with Crippen molar-refractivity contribution in [2.24, 2.45) is 11.8 Å². The van der Waals surface area contributed by atoms with Crippen LogP contribution in [0.3, 0.4) is 0 Å². The zero-order chi connectivity index (χ0) is 15.4. The minimum atomic E-state index is 0.442. The van der Waals surface area contributed by atoms with Crippen molar-refractivity contribution in [2.45, 2.75) is 52.9 Å². The molecule has 2 heterocycles. The van der Waals surface area contributed by atoms with E-state index >= 15 is 0 Å². The van der Waals surface area contributed by atoms with E-state index in [1.807, 2.05) is 0 Å². The molecule has 0 N–H and O–H groups in total. The second kappa shape index (κ2) is 7.15. The third kappa shape index (κ3) is 3.69. The van der Waals surface area contributed by atoms with Gasteiger partial charge in [-0.3, -0.25) is 0 Å². The average Bonchev–Trinajstić information content (AvgIpc) is 2.53. The Morgan fingerprint density at radius 2 is 1.90 bits per heavy atom. The van der Waals surface area contributed by atoms with Gasteiger partial charge in [0.1, 0.15) is 5.82 Å². The van der Waals surface area contributed by atoms with E-state index in [1.54, 1.807) is 7.11 Å². The zero-order valence-electron chi connectivity index (χ0n) is 14.2. The van der Waals surface area contributed by atoms with E-state index < -0.39 is 0 Å². The molecule has 1 saturated heterocycles. The van der Waals surface area contributed by atoms with Gasteiger partial charge in [0, 0.05) is 18.7 Å². The largest absolute Gasteiger partial charge is 0.481 e. The number of nitrogens with zero attached hydrogens (tertiary/aromatic N) is 2. The summed E-state index contributed by atoms with van der Waals surface area (Å²) < 4.78 is 5.48. The Labute approximate surface area is 129 Å². The van der Waals surface area contributed by atoms with Crippen LogP contribution in [0.25, 0.3) is 0 Å². The fourth-order valence-electron chi connectivity index (χ4n) is 3.25. The molecule has 1 unspecified atom stereocenters. The first-order chi connectivity index (χ1) is 10.1. The Bertz CT molecular complexity index is 451. The lowest BCUT2D eigenvalue weighted by molar-refractivity contribution is 0.285. The predicted octanol–water partition coefficient (Wildman–Crippen LogP) is 4.48. The van der Waals surface area contributed by atoms with Crippen LogP contribution in [0.4, 0.5) is 5.82 Å². The van der Waals surface area contributed by atoms with Crippen LogP contribution < -0.4 is 9.64 Å². The number of anilines is 1. The lowest BCUT2D eigenvalue weighted by atomic mass is 9.84. The number of piperidine rings is 1. The molecule has 1 aromatic heterocycles. The molecule has 1 aromatic rings. The molecule has 1 aliphatic heterocycles. The van der Waals surface area contributed by atoms with Gasteiger partial charge in [-0.05, 0) is 42.7 Å². The number of hydrogen-bond donors (Lipinski definition) is 0. The number of pyridine rings is 1. The van der Waals surface area contributed by atoms with Crippen molar-refractivity contribution in [2.75, 3.05) is 25.1 Å². The quantitative estimate of drug-likeness (QED) is 0.799. The molecule has 0 radical (unpaired) electrons. The highest BCUT2D eigenvalue weighted by Crippen LogP contribution is 2.31. The number of aromatic nitrogens is 1. The molecular formula is C18H30N2O. The van der Waals surface area contributed by atoms with E-state index in [0.29, 0.717) is 5.92 Å². The van der Waals surface area contributed by atoms with Gasteiger partial charge < -0.3 is 9.64 Å². The van der Waals surface area contributed by atoms with Gasteiger partial charge in [0.25, 0.3) is 0 Å². The van der Waals surface area contributed by atoms with Gasteiger partial charge in [0.2, 0.25) is 5.88 Å². The monoisotopic (exact) mass is 290 g/mol. The topological polar surface area (TPSA) is 25.4 Å². The summed E-state index contributed by atoms with van der Waals surface area (Å²) >= 11 is 0. The van der Waals surface area contributed by atoms with Crippen LogP contribution in [0.1, 0.15) is 58.4 Å². The van der Waals surface area contributed by atoms with Crippen LogP contribution in [0.5, 0.6) is 5.88 Å². The summed E-state index contributed by atoms with van der Waals surface area (Å²) in [7, 11) is 1.72. The fraction of sp³-hybridized carbons (Fsp3) is 0.722. The number of hydrogen-bond acceptors (Lipinski definition) is 3. The molecule has 2 rings (SSSR count). The van der Waals surface area contributed by atoms with E-state index in [1.165, 1.54) is 24.8 Å². The molecule has 118 valence electrons. The third-order valence-electron chi connectivity index (χ3n) is 5.00. The van der Waals surface area contributed by atoms with Crippen molar-refractivity contribution < 1.29 is 4.74 Å². The van der Waals surface area contributed by atoms with Crippen molar-refractivity contribution in [3.8, 4) is 5.88 Å². The standard InChI is InChI=1S/C18H30N2O/c1-6-14(4)15-9-11-20(12-10-15)17-8-7-16(13(2)3)18(19-17)21-5/h7-8,13-15H,6,9-12H2,1-5H3. The summed E-state index contributed by atoms with van der Waals surface area (Å²) in [6.45, 7) is 11.3. The second-order valence-corrected chi connectivity index (χ2v) is 6.63. The maximum absolute atomic E-state index is 5.48. The van der Waals surface area contributed by atoms with E-state index in [0.717, 1.165) is 36.6 Å². The normalized spacial score (nSPS) is 18.1. The van der Waals surface area contributed by atoms with Crippen molar-refractivity contribution in [3.63, 3.8) is 0 Å². The van der Waals surface area contributed by atoms with Crippen molar-refractivity contribution in [1.29, 1.82) is 0 Å². The molecule has 1 atom stereocenters. The van der Waals surface area contributed by atoms with Gasteiger partial charge in [-0.1, -0.05) is 34.1 Å². The van der Waals surface area contributed by atoms with Gasteiger partial charge in [-0.25, -0.2) is 0 Å². The molecule has 3 heteroatoms. The van der Waals surface area contributed by atoms with Crippen LogP contribution in [0, 0.1) is 11.8 Å². The number of methoxy groups -OCH3 is 1. The Balaban J connectivity index is 2.07. The minimum absolute atomic E-state index is 0.442. The fourth-order valence-corrected chi connectivity index (χ4v) is 3.25. The van der Waals surface area contributed by atoms with Crippen LogP contribution in [-0.2, 0) is 0 Å². The summed E-state index contributed by atoms with van der Waals surface area (Å²) in [6.07, 6.45) is 3.86. The van der Waals surface area contributed by atoms with Gasteiger partial charge >= 0.3 is 0 Å². The highest BCUT2D eigenvalue weighted by molar-refractivity contribution is 5.45. The molecule has 0 aromatic carbocycles. The van der Waals surface area contributed by atoms with Crippen LogP contribution in [-0.4, -0.2) is 25.2 Å². The minimum Gasteiger partial charge on any atom is -0.481 e. The highest BCUT2D eigenvalue weighted by Gasteiger charge is 2.24. The van der Waals surface area contributed by atoms with E-state index in [9.17, 15) is 0 Å². The summed E-state index contributed by atoms with van der Waals surface area (Å²) in [5.74, 6) is 4.02. The predicted molar refractivity (Wildman–Crippen MR) is 89.3 cm³/mol. The Hall–Kier alpha value is -1.25. The molecule has 3 nitrogen and oxygen atoms in total. The Kier molecular flexibility index (Phi) is 5.49. The molecule has 0 aliphatic carbocycles. The van der Waals surface area contributed by atoms with E-state index in [-0.39, 0.29) is 0 Å². The smallest absolute Gasteiger partial charge is 0.218 e. The molecule has 0 spiro atoms. The SMILES string of the molecule is CCC(C)C1CCN(c2ccc(C(C)C)c(OC)n2)CC1. The number of ether oxygens (including phenoxy) is 1. The second-order valence-electron chi connectivity index (χ2n) is 6.63. The first-order valence-corrected chi connectivity index (χ1v) is 8.36. The summed E-state index contributed by atoms with van der Waals surface area (Å²) in [5, 5.41) is 0. The van der Waals surface area contributed by atoms with Crippen molar-refractivity contribution >= 4 is 5.82 Å². The van der Waals surface area contributed by atoms with Gasteiger partial charge in [-0.2, -0.15) is 4.98 Å².